The number of carboxylic acid groups (broad SMARTS) is 1. The molecule has 0 spiro atoms. The van der Waals surface area contributed by atoms with Gasteiger partial charge in [-0.2, -0.15) is 4.73 Å². The molecule has 0 bridgehead atoms. The molecular weight excluding hydrogens is 508 g/mol. The molecule has 1 aromatic heterocycles. The average molecular weight is 531 g/mol. The van der Waals surface area contributed by atoms with Crippen molar-refractivity contribution in [3.63, 3.8) is 0 Å². The normalized spacial score (nSPS) is 21.8. The summed E-state index contributed by atoms with van der Waals surface area (Å²) in [5.41, 5.74) is -1.05. The van der Waals surface area contributed by atoms with Crippen molar-refractivity contribution < 1.29 is 33.8 Å². The highest BCUT2D eigenvalue weighted by Gasteiger charge is 2.66. The first-order valence-corrected chi connectivity index (χ1v) is 12.7. The summed E-state index contributed by atoms with van der Waals surface area (Å²) < 4.78 is 6.16. The molecule has 13 heteroatoms. The van der Waals surface area contributed by atoms with Crippen molar-refractivity contribution in [2.75, 3.05) is 18.6 Å². The van der Waals surface area contributed by atoms with Crippen LogP contribution in [0.15, 0.2) is 71.0 Å². The number of aliphatic carboxylic acids is 1. The second kappa shape index (κ2) is 10.6. The molecule has 36 heavy (non-hydrogen) atoms. The largest absolute Gasteiger partial charge is 0.618 e. The fourth-order valence-corrected chi connectivity index (χ4v) is 6.52. The number of carbonyl (C=O) groups is 4. The van der Waals surface area contributed by atoms with Crippen LogP contribution in [0.5, 0.6) is 0 Å². The monoisotopic (exact) mass is 530 g/mol. The van der Waals surface area contributed by atoms with E-state index in [2.05, 4.69) is 10.6 Å². The molecule has 1 fully saturated rings. The summed E-state index contributed by atoms with van der Waals surface area (Å²) in [4.78, 5) is 50.9. The zero-order valence-electron chi connectivity index (χ0n) is 19.0. The number of carboxylic acids is 1. The van der Waals surface area contributed by atoms with Crippen molar-refractivity contribution in [2.45, 2.75) is 22.2 Å². The quantitative estimate of drug-likeness (QED) is 0.100. The molecule has 2 aliphatic rings. The van der Waals surface area contributed by atoms with Gasteiger partial charge in [0, 0.05) is 30.7 Å². The van der Waals surface area contributed by atoms with Gasteiger partial charge in [0.1, 0.15) is 17.1 Å². The van der Waals surface area contributed by atoms with E-state index >= 15 is 0 Å². The molecule has 2 unspecified atom stereocenters. The van der Waals surface area contributed by atoms with Gasteiger partial charge in [0.2, 0.25) is 12.3 Å². The maximum absolute atomic E-state index is 13.3. The molecule has 2 aliphatic heterocycles. The third kappa shape index (κ3) is 4.52. The minimum atomic E-state index is -1.81. The van der Waals surface area contributed by atoms with E-state index in [1.165, 1.54) is 25.1 Å². The van der Waals surface area contributed by atoms with Gasteiger partial charge in [-0.3, -0.25) is 19.3 Å². The van der Waals surface area contributed by atoms with E-state index in [0.29, 0.717) is 27.3 Å². The molecule has 4 rings (SSSR count). The van der Waals surface area contributed by atoms with Crippen LogP contribution < -0.4 is 15.4 Å². The van der Waals surface area contributed by atoms with Crippen molar-refractivity contribution >= 4 is 47.7 Å². The van der Waals surface area contributed by atoms with Crippen LogP contribution in [0.25, 0.3) is 0 Å². The van der Waals surface area contributed by atoms with Gasteiger partial charge >= 0.3 is 5.97 Å². The number of benzene rings is 1. The number of amides is 3. The first kappa shape index (κ1) is 25.5. The summed E-state index contributed by atoms with van der Waals surface area (Å²) >= 11 is 2.40. The predicted molar refractivity (Wildman–Crippen MR) is 130 cm³/mol. The van der Waals surface area contributed by atoms with E-state index in [1.54, 1.807) is 48.5 Å². The second-order valence-electron chi connectivity index (χ2n) is 7.81. The van der Waals surface area contributed by atoms with Crippen molar-refractivity contribution in [1.29, 1.82) is 0 Å². The van der Waals surface area contributed by atoms with E-state index in [1.807, 2.05) is 0 Å². The number of β-lactam (4-membered cyclic amide) rings is 1. The fraction of sp³-hybridized carbons (Fsp3) is 0.261. The number of pyridine rings is 1. The number of nitrogens with one attached hydrogen (secondary N) is 2. The standard InChI is InChI=1S/C23H22N4O7S2/c1-34-23(25-19(29)17(24-13-28)14-7-3-2-4-8-14)21(32)27-18(20(30)31)15(12-36-22(23)27)11-35-16-9-5-6-10-26(16)33/h2-10,13,17,22H,11-12H2,1H3,(H,24,28)(H,25,29)(H,30,31)/t17?,22?,23-/m0/s1. The topological polar surface area (TPSA) is 152 Å². The van der Waals surface area contributed by atoms with E-state index in [0.717, 1.165) is 16.7 Å². The number of aromatic nitrogens is 1. The van der Waals surface area contributed by atoms with Gasteiger partial charge in [-0.15, -0.1) is 11.8 Å². The number of thioether (sulfide) groups is 2. The fourth-order valence-electron chi connectivity index (χ4n) is 4.03. The van der Waals surface area contributed by atoms with E-state index in [-0.39, 0.29) is 17.2 Å². The minimum Gasteiger partial charge on any atom is -0.618 e. The highest BCUT2D eigenvalue weighted by atomic mass is 32.2. The van der Waals surface area contributed by atoms with Crippen LogP contribution in [-0.2, 0) is 23.9 Å². The van der Waals surface area contributed by atoms with Crippen LogP contribution in [0.2, 0.25) is 0 Å². The van der Waals surface area contributed by atoms with Gasteiger partial charge in [-0.05, 0) is 17.2 Å². The molecule has 0 aliphatic carbocycles. The molecule has 1 aromatic carbocycles. The Morgan fingerprint density at radius 3 is 2.69 bits per heavy atom. The molecule has 3 N–H and O–H groups in total. The number of fused-ring (bicyclic) bond motifs is 1. The Bertz CT molecular complexity index is 1230. The Labute approximate surface area is 214 Å². The van der Waals surface area contributed by atoms with Gasteiger partial charge in [-0.25, -0.2) is 4.79 Å². The number of hydrogen-bond donors (Lipinski definition) is 3. The van der Waals surface area contributed by atoms with Crippen molar-refractivity contribution in [1.82, 2.24) is 15.5 Å². The van der Waals surface area contributed by atoms with E-state index in [4.69, 9.17) is 4.74 Å². The van der Waals surface area contributed by atoms with Crippen LogP contribution in [0.4, 0.5) is 0 Å². The van der Waals surface area contributed by atoms with E-state index in [9.17, 15) is 29.5 Å². The summed E-state index contributed by atoms with van der Waals surface area (Å²) in [5.74, 6) is -2.30. The van der Waals surface area contributed by atoms with Crippen LogP contribution in [0, 0.1) is 5.21 Å². The van der Waals surface area contributed by atoms with Crippen molar-refractivity contribution in [2.24, 2.45) is 0 Å². The molecule has 0 saturated carbocycles. The van der Waals surface area contributed by atoms with E-state index < -0.39 is 34.9 Å². The molecular formula is C23H22N4O7S2. The average Bonchev–Trinajstić information content (AvgIpc) is 2.89. The Balaban J connectivity index is 1.57. The first-order chi connectivity index (χ1) is 17.3. The van der Waals surface area contributed by atoms with Gasteiger partial charge in [0.25, 0.3) is 16.7 Å². The summed E-state index contributed by atoms with van der Waals surface area (Å²) in [6, 6.07) is 12.3. The Kier molecular flexibility index (Phi) is 7.52. The highest BCUT2D eigenvalue weighted by molar-refractivity contribution is 8.01. The highest BCUT2D eigenvalue weighted by Crippen LogP contribution is 2.47. The number of carbonyl (C=O) groups excluding carboxylic acids is 3. The lowest BCUT2D eigenvalue weighted by molar-refractivity contribution is -0.645. The lowest BCUT2D eigenvalue weighted by atomic mass is 9.97. The smallest absolute Gasteiger partial charge is 0.352 e. The van der Waals surface area contributed by atoms with Crippen molar-refractivity contribution in [3.8, 4) is 0 Å². The Hall–Kier alpha value is -3.55. The second-order valence-corrected chi connectivity index (χ2v) is 9.87. The maximum Gasteiger partial charge on any atom is 0.352 e. The molecule has 2 aromatic rings. The summed E-state index contributed by atoms with van der Waals surface area (Å²) in [5, 5.41) is 26.4. The number of ether oxygens (including phenoxy) is 1. The third-order valence-corrected chi connectivity index (χ3v) is 8.23. The number of methoxy groups -OCH3 is 1. The summed E-state index contributed by atoms with van der Waals surface area (Å²) in [7, 11) is 1.25. The van der Waals surface area contributed by atoms with Gasteiger partial charge in [0.15, 0.2) is 6.20 Å². The van der Waals surface area contributed by atoms with Gasteiger partial charge in [0.05, 0.1) is 0 Å². The Morgan fingerprint density at radius 1 is 1.33 bits per heavy atom. The predicted octanol–water partition coefficient (Wildman–Crippen LogP) is 0.612. The number of rotatable bonds is 10. The lowest BCUT2D eigenvalue weighted by Crippen LogP contribution is -2.81. The first-order valence-electron chi connectivity index (χ1n) is 10.7. The van der Waals surface area contributed by atoms with Gasteiger partial charge < -0.3 is 25.7 Å². The zero-order chi connectivity index (χ0) is 25.9. The van der Waals surface area contributed by atoms with Crippen molar-refractivity contribution in [3.05, 3.63) is 76.8 Å². The molecule has 1 saturated heterocycles. The summed E-state index contributed by atoms with van der Waals surface area (Å²) in [6.07, 6.45) is 1.73. The minimum absolute atomic E-state index is 0.184. The third-order valence-electron chi connectivity index (χ3n) is 5.76. The molecule has 0 radical (unpaired) electrons. The Morgan fingerprint density at radius 2 is 2.06 bits per heavy atom. The molecule has 3 atom stereocenters. The molecule has 11 nitrogen and oxygen atoms in total. The lowest BCUT2D eigenvalue weighted by Gasteiger charge is -2.56. The number of nitrogens with zero attached hydrogens (tertiary/aromatic N) is 2. The van der Waals surface area contributed by atoms with Gasteiger partial charge in [-0.1, -0.05) is 42.1 Å². The molecule has 3 heterocycles. The van der Waals surface area contributed by atoms with Crippen LogP contribution >= 0.6 is 23.5 Å². The van der Waals surface area contributed by atoms with Crippen LogP contribution in [0.3, 0.4) is 0 Å². The maximum atomic E-state index is 13.3. The van der Waals surface area contributed by atoms with Crippen LogP contribution in [-0.4, -0.2) is 63.9 Å². The number of hydrogen-bond acceptors (Lipinski definition) is 8. The molecule has 188 valence electrons. The van der Waals surface area contributed by atoms with Crippen LogP contribution in [0.1, 0.15) is 11.6 Å². The SMILES string of the molecule is CO[C@@]1(NC(=O)C(NC=O)c2ccccc2)C(=O)N2C(C(=O)O)=C(CSc3cccc[n+]3[O-])CSC21. The molecule has 3 amide bonds. The zero-order valence-corrected chi connectivity index (χ0v) is 20.6. The summed E-state index contributed by atoms with van der Waals surface area (Å²) in [6.45, 7) is 0.